The first-order valence-electron chi connectivity index (χ1n) is 7.07. The summed E-state index contributed by atoms with van der Waals surface area (Å²) in [6, 6.07) is 12.9. The predicted octanol–water partition coefficient (Wildman–Crippen LogP) is 2.93. The van der Waals surface area contributed by atoms with Gasteiger partial charge in [-0.05, 0) is 24.7 Å². The van der Waals surface area contributed by atoms with Gasteiger partial charge in [0.2, 0.25) is 0 Å². The van der Waals surface area contributed by atoms with Crippen LogP contribution in [-0.2, 0) is 13.0 Å². The number of ether oxygens (including phenoxy) is 2. The standard InChI is InChI=1S/C17H18FNO2/c1-19-10-13-6-4-7-15(18)17(13)20-11-14-9-12-5-2-3-8-16(12)21-14/h2-8,14,19H,9-11H2,1H3. The fourth-order valence-electron chi connectivity index (χ4n) is 2.57. The Morgan fingerprint density at radius 2 is 2.10 bits per heavy atom. The van der Waals surface area contributed by atoms with Crippen LogP contribution in [0, 0.1) is 5.82 Å². The van der Waals surface area contributed by atoms with Crippen LogP contribution in [0.1, 0.15) is 11.1 Å². The lowest BCUT2D eigenvalue weighted by atomic mass is 10.1. The number of para-hydroxylation sites is 2. The second-order valence-corrected chi connectivity index (χ2v) is 5.12. The van der Waals surface area contributed by atoms with E-state index in [0.717, 1.165) is 17.7 Å². The van der Waals surface area contributed by atoms with Crippen molar-refractivity contribution in [3.63, 3.8) is 0 Å². The third-order valence-corrected chi connectivity index (χ3v) is 3.54. The maximum absolute atomic E-state index is 13.9. The summed E-state index contributed by atoms with van der Waals surface area (Å²) >= 11 is 0. The molecule has 0 spiro atoms. The molecule has 0 fully saturated rings. The van der Waals surface area contributed by atoms with Gasteiger partial charge in [0.1, 0.15) is 18.5 Å². The van der Waals surface area contributed by atoms with Gasteiger partial charge in [0.25, 0.3) is 0 Å². The van der Waals surface area contributed by atoms with E-state index in [9.17, 15) is 4.39 Å². The second kappa shape index (κ2) is 6.14. The van der Waals surface area contributed by atoms with Crippen molar-refractivity contribution in [2.45, 2.75) is 19.1 Å². The predicted molar refractivity (Wildman–Crippen MR) is 79.2 cm³/mol. The van der Waals surface area contributed by atoms with E-state index in [4.69, 9.17) is 9.47 Å². The average molecular weight is 287 g/mol. The second-order valence-electron chi connectivity index (χ2n) is 5.12. The van der Waals surface area contributed by atoms with Crippen LogP contribution in [0.3, 0.4) is 0 Å². The highest BCUT2D eigenvalue weighted by Gasteiger charge is 2.23. The summed E-state index contributed by atoms with van der Waals surface area (Å²) in [6.07, 6.45) is 0.732. The van der Waals surface area contributed by atoms with Gasteiger partial charge in [-0.3, -0.25) is 0 Å². The fraction of sp³-hybridized carbons (Fsp3) is 0.294. The van der Waals surface area contributed by atoms with Gasteiger partial charge >= 0.3 is 0 Å². The summed E-state index contributed by atoms with van der Waals surface area (Å²) in [4.78, 5) is 0. The van der Waals surface area contributed by atoms with E-state index < -0.39 is 0 Å². The van der Waals surface area contributed by atoms with E-state index in [1.807, 2.05) is 37.4 Å². The zero-order valence-corrected chi connectivity index (χ0v) is 11.9. The smallest absolute Gasteiger partial charge is 0.165 e. The number of fused-ring (bicyclic) bond motifs is 1. The lowest BCUT2D eigenvalue weighted by Gasteiger charge is -2.15. The van der Waals surface area contributed by atoms with Crippen molar-refractivity contribution in [2.75, 3.05) is 13.7 Å². The lowest BCUT2D eigenvalue weighted by molar-refractivity contribution is 0.144. The number of rotatable bonds is 5. The monoisotopic (exact) mass is 287 g/mol. The van der Waals surface area contributed by atoms with Gasteiger partial charge in [-0.2, -0.15) is 0 Å². The number of hydrogen-bond donors (Lipinski definition) is 1. The van der Waals surface area contributed by atoms with E-state index in [2.05, 4.69) is 5.32 Å². The van der Waals surface area contributed by atoms with E-state index >= 15 is 0 Å². The molecule has 1 atom stereocenters. The van der Waals surface area contributed by atoms with Crippen molar-refractivity contribution in [3.8, 4) is 11.5 Å². The highest BCUT2D eigenvalue weighted by Crippen LogP contribution is 2.29. The highest BCUT2D eigenvalue weighted by molar-refractivity contribution is 5.38. The van der Waals surface area contributed by atoms with Crippen LogP contribution in [0.4, 0.5) is 4.39 Å². The van der Waals surface area contributed by atoms with Gasteiger partial charge in [-0.1, -0.05) is 30.3 Å². The summed E-state index contributed by atoms with van der Waals surface area (Å²) in [5.74, 6) is 0.875. The molecule has 0 bridgehead atoms. The van der Waals surface area contributed by atoms with Crippen LogP contribution >= 0.6 is 0 Å². The van der Waals surface area contributed by atoms with Crippen LogP contribution in [0.25, 0.3) is 0 Å². The van der Waals surface area contributed by atoms with Crippen molar-refractivity contribution in [3.05, 3.63) is 59.4 Å². The maximum atomic E-state index is 13.9. The van der Waals surface area contributed by atoms with Gasteiger partial charge in [0, 0.05) is 18.5 Å². The Bertz CT molecular complexity index is 605. The molecular formula is C17H18FNO2. The molecule has 0 aliphatic carbocycles. The van der Waals surface area contributed by atoms with E-state index in [0.29, 0.717) is 18.9 Å². The summed E-state index contributed by atoms with van der Waals surface area (Å²) in [5, 5.41) is 3.02. The first-order chi connectivity index (χ1) is 10.3. The minimum atomic E-state index is -0.335. The zero-order valence-electron chi connectivity index (χ0n) is 11.9. The molecule has 4 heteroatoms. The van der Waals surface area contributed by atoms with Gasteiger partial charge in [-0.25, -0.2) is 4.39 Å². The normalized spacial score (nSPS) is 16.4. The molecule has 2 aromatic rings. The molecule has 0 radical (unpaired) electrons. The molecule has 1 unspecified atom stereocenters. The van der Waals surface area contributed by atoms with Crippen molar-refractivity contribution >= 4 is 0 Å². The highest BCUT2D eigenvalue weighted by atomic mass is 19.1. The number of halogens is 1. The van der Waals surface area contributed by atoms with Crippen LogP contribution in [0.5, 0.6) is 11.5 Å². The summed E-state index contributed by atoms with van der Waals surface area (Å²) in [7, 11) is 1.82. The topological polar surface area (TPSA) is 30.5 Å². The maximum Gasteiger partial charge on any atom is 0.165 e. The first-order valence-corrected chi connectivity index (χ1v) is 7.07. The Balaban J connectivity index is 1.67. The van der Waals surface area contributed by atoms with Crippen molar-refractivity contribution in [2.24, 2.45) is 0 Å². The number of benzene rings is 2. The van der Waals surface area contributed by atoms with Crippen molar-refractivity contribution in [1.82, 2.24) is 5.32 Å². The van der Waals surface area contributed by atoms with Crippen molar-refractivity contribution < 1.29 is 13.9 Å². The SMILES string of the molecule is CNCc1cccc(F)c1OCC1Cc2ccccc2O1. The molecule has 1 N–H and O–H groups in total. The molecule has 1 aliphatic rings. The van der Waals surface area contributed by atoms with E-state index in [1.165, 1.54) is 11.6 Å². The van der Waals surface area contributed by atoms with E-state index in [-0.39, 0.29) is 11.9 Å². The number of nitrogens with one attached hydrogen (secondary N) is 1. The zero-order chi connectivity index (χ0) is 14.7. The molecule has 1 aliphatic heterocycles. The van der Waals surface area contributed by atoms with Crippen LogP contribution in [-0.4, -0.2) is 19.8 Å². The molecule has 3 rings (SSSR count). The van der Waals surface area contributed by atoms with Crippen LogP contribution in [0.2, 0.25) is 0 Å². The summed E-state index contributed by atoms with van der Waals surface area (Å²) in [6.45, 7) is 0.908. The van der Waals surface area contributed by atoms with Crippen molar-refractivity contribution in [1.29, 1.82) is 0 Å². The van der Waals surface area contributed by atoms with E-state index in [1.54, 1.807) is 6.07 Å². The third-order valence-electron chi connectivity index (χ3n) is 3.54. The minimum absolute atomic E-state index is 0.0653. The Morgan fingerprint density at radius 1 is 1.24 bits per heavy atom. The van der Waals surface area contributed by atoms with Crippen LogP contribution < -0.4 is 14.8 Å². The Hall–Kier alpha value is -2.07. The van der Waals surface area contributed by atoms with Gasteiger partial charge in [0.15, 0.2) is 11.6 Å². The quantitative estimate of drug-likeness (QED) is 0.917. The molecule has 3 nitrogen and oxygen atoms in total. The average Bonchev–Trinajstić information content (AvgIpc) is 2.90. The van der Waals surface area contributed by atoms with Gasteiger partial charge in [0.05, 0.1) is 0 Å². The van der Waals surface area contributed by atoms with Gasteiger partial charge in [-0.15, -0.1) is 0 Å². The number of hydrogen-bond acceptors (Lipinski definition) is 3. The lowest BCUT2D eigenvalue weighted by Crippen LogP contribution is -2.23. The molecule has 0 saturated heterocycles. The fourth-order valence-corrected chi connectivity index (χ4v) is 2.57. The molecule has 0 aromatic heterocycles. The molecule has 0 amide bonds. The molecule has 110 valence electrons. The van der Waals surface area contributed by atoms with Crippen LogP contribution in [0.15, 0.2) is 42.5 Å². The Labute approximate surface area is 123 Å². The Kier molecular flexibility index (Phi) is 4.06. The molecule has 2 aromatic carbocycles. The Morgan fingerprint density at radius 3 is 2.90 bits per heavy atom. The third kappa shape index (κ3) is 3.00. The molecular weight excluding hydrogens is 269 g/mol. The molecule has 1 heterocycles. The summed E-state index contributed by atoms with van der Waals surface area (Å²) in [5.41, 5.74) is 1.99. The summed E-state index contributed by atoms with van der Waals surface area (Å²) < 4.78 is 25.4. The minimum Gasteiger partial charge on any atom is -0.486 e. The largest absolute Gasteiger partial charge is 0.486 e. The molecule has 0 saturated carbocycles. The first kappa shape index (κ1) is 13.9. The molecule has 21 heavy (non-hydrogen) atoms. The van der Waals surface area contributed by atoms with Gasteiger partial charge < -0.3 is 14.8 Å².